The molecular formula is C17H22N4OS. The van der Waals surface area contributed by atoms with Gasteiger partial charge in [0.25, 0.3) is 0 Å². The van der Waals surface area contributed by atoms with Crippen molar-refractivity contribution in [2.75, 3.05) is 18.2 Å². The third-order valence-corrected chi connectivity index (χ3v) is 5.09. The number of hydrogen-bond acceptors (Lipinski definition) is 4. The molecule has 1 aromatic carbocycles. The molecule has 1 unspecified atom stereocenters. The zero-order valence-corrected chi connectivity index (χ0v) is 14.3. The van der Waals surface area contributed by atoms with Gasteiger partial charge in [-0.1, -0.05) is 18.2 Å². The minimum Gasteiger partial charge on any atom is -0.354 e. The summed E-state index contributed by atoms with van der Waals surface area (Å²) in [6.07, 6.45) is 0.802. The lowest BCUT2D eigenvalue weighted by Gasteiger charge is -2.10. The van der Waals surface area contributed by atoms with Crippen LogP contribution in [0, 0.1) is 13.8 Å². The zero-order chi connectivity index (χ0) is 16.2. The molecular weight excluding hydrogens is 308 g/mol. The van der Waals surface area contributed by atoms with Crippen LogP contribution in [0.5, 0.6) is 0 Å². The van der Waals surface area contributed by atoms with Crippen LogP contribution in [-0.4, -0.2) is 39.9 Å². The Morgan fingerprint density at radius 1 is 1.39 bits per heavy atom. The average molecular weight is 330 g/mol. The van der Waals surface area contributed by atoms with Gasteiger partial charge < -0.3 is 5.32 Å². The first-order valence-corrected chi connectivity index (χ1v) is 9.01. The maximum absolute atomic E-state index is 12.0. The van der Waals surface area contributed by atoms with Gasteiger partial charge in [-0.15, -0.1) is 11.8 Å². The molecule has 0 bridgehead atoms. The van der Waals surface area contributed by atoms with Crippen LogP contribution in [0.3, 0.4) is 0 Å². The number of nitrogens with one attached hydrogen (secondary N) is 2. The fourth-order valence-corrected chi connectivity index (χ4v) is 3.80. The van der Waals surface area contributed by atoms with E-state index in [1.807, 2.05) is 29.8 Å². The van der Waals surface area contributed by atoms with Crippen molar-refractivity contribution in [2.45, 2.75) is 26.3 Å². The van der Waals surface area contributed by atoms with Gasteiger partial charge in [-0.3, -0.25) is 10.1 Å². The second-order valence-electron chi connectivity index (χ2n) is 5.71. The first kappa shape index (κ1) is 16.1. The molecule has 1 amide bonds. The highest BCUT2D eigenvalue weighted by Crippen LogP contribution is 2.18. The summed E-state index contributed by atoms with van der Waals surface area (Å²) in [4.78, 5) is 12.0. The Labute approximate surface area is 140 Å². The smallest absolute Gasteiger partial charge is 0.238 e. The fourth-order valence-electron chi connectivity index (χ4n) is 2.85. The number of aryl methyl sites for hydroxylation is 1. The highest BCUT2D eigenvalue weighted by atomic mass is 32.2. The highest BCUT2D eigenvalue weighted by Gasteiger charge is 2.22. The lowest BCUT2D eigenvalue weighted by atomic mass is 10.1. The summed E-state index contributed by atoms with van der Waals surface area (Å²) in [6.45, 7) is 4.75. The van der Waals surface area contributed by atoms with Crippen molar-refractivity contribution >= 4 is 17.7 Å². The molecule has 0 radical (unpaired) electrons. The van der Waals surface area contributed by atoms with E-state index in [0.29, 0.717) is 6.54 Å². The number of aromatic nitrogens is 2. The molecule has 1 aromatic heterocycles. The maximum atomic E-state index is 12.0. The number of para-hydroxylation sites is 1. The van der Waals surface area contributed by atoms with Crippen LogP contribution < -0.4 is 10.6 Å². The Morgan fingerprint density at radius 3 is 2.87 bits per heavy atom. The normalized spacial score (nSPS) is 17.4. The highest BCUT2D eigenvalue weighted by molar-refractivity contribution is 7.99. The van der Waals surface area contributed by atoms with E-state index in [4.69, 9.17) is 0 Å². The van der Waals surface area contributed by atoms with E-state index in [0.717, 1.165) is 35.1 Å². The molecule has 0 saturated carbocycles. The SMILES string of the molecule is Cc1nn(-c2ccccc2)c(C)c1CCNC(=O)C1CSCN1. The standard InChI is InChI=1S/C17H22N4OS/c1-12-15(8-9-18-17(22)16-10-23-11-19-16)13(2)21(20-12)14-6-4-3-5-7-14/h3-7,16,19H,8-11H2,1-2H3,(H,18,22). The second-order valence-corrected chi connectivity index (χ2v) is 6.74. The molecule has 2 N–H and O–H groups in total. The summed E-state index contributed by atoms with van der Waals surface area (Å²) in [5.41, 5.74) is 4.44. The molecule has 3 rings (SSSR count). The number of nitrogens with zero attached hydrogens (tertiary/aromatic N) is 2. The van der Waals surface area contributed by atoms with E-state index in [1.54, 1.807) is 11.8 Å². The number of carbonyl (C=O) groups excluding carboxylic acids is 1. The first-order valence-electron chi connectivity index (χ1n) is 7.86. The third-order valence-electron chi connectivity index (χ3n) is 4.15. The lowest BCUT2D eigenvalue weighted by Crippen LogP contribution is -2.42. The van der Waals surface area contributed by atoms with Crippen LogP contribution in [0.25, 0.3) is 5.69 Å². The molecule has 0 aliphatic carbocycles. The van der Waals surface area contributed by atoms with E-state index >= 15 is 0 Å². The van der Waals surface area contributed by atoms with Gasteiger partial charge in [0.15, 0.2) is 0 Å². The van der Waals surface area contributed by atoms with Crippen LogP contribution in [0.1, 0.15) is 17.0 Å². The number of thioether (sulfide) groups is 1. The van der Waals surface area contributed by atoms with E-state index in [1.165, 1.54) is 5.56 Å². The molecule has 0 spiro atoms. The van der Waals surface area contributed by atoms with Crippen molar-refractivity contribution < 1.29 is 4.79 Å². The van der Waals surface area contributed by atoms with Gasteiger partial charge in [0.05, 0.1) is 17.4 Å². The number of hydrogen-bond donors (Lipinski definition) is 2. The molecule has 1 atom stereocenters. The summed E-state index contributed by atoms with van der Waals surface area (Å²) >= 11 is 1.76. The first-order chi connectivity index (χ1) is 11.2. The van der Waals surface area contributed by atoms with Crippen molar-refractivity contribution in [3.05, 3.63) is 47.3 Å². The van der Waals surface area contributed by atoms with Crippen molar-refractivity contribution in [3.63, 3.8) is 0 Å². The summed E-state index contributed by atoms with van der Waals surface area (Å²) in [7, 11) is 0. The molecule has 122 valence electrons. The van der Waals surface area contributed by atoms with Gasteiger partial charge in [-0.2, -0.15) is 5.10 Å². The summed E-state index contributed by atoms with van der Waals surface area (Å²) in [5.74, 6) is 1.82. The monoisotopic (exact) mass is 330 g/mol. The predicted molar refractivity (Wildman–Crippen MR) is 94.0 cm³/mol. The van der Waals surface area contributed by atoms with E-state index in [2.05, 4.69) is 34.8 Å². The Hall–Kier alpha value is -1.79. The summed E-state index contributed by atoms with van der Waals surface area (Å²) in [5, 5.41) is 10.9. The van der Waals surface area contributed by atoms with Crippen LogP contribution in [0.15, 0.2) is 30.3 Å². The van der Waals surface area contributed by atoms with Crippen molar-refractivity contribution in [2.24, 2.45) is 0 Å². The number of carbonyl (C=O) groups is 1. The fraction of sp³-hybridized carbons (Fsp3) is 0.412. The van der Waals surface area contributed by atoms with E-state index in [-0.39, 0.29) is 11.9 Å². The van der Waals surface area contributed by atoms with Gasteiger partial charge in [-0.05, 0) is 38.0 Å². The minimum atomic E-state index is -0.0470. The predicted octanol–water partition coefficient (Wildman–Crippen LogP) is 1.81. The molecule has 6 heteroatoms. The largest absolute Gasteiger partial charge is 0.354 e. The van der Waals surface area contributed by atoms with Gasteiger partial charge >= 0.3 is 0 Å². The summed E-state index contributed by atoms with van der Waals surface area (Å²) < 4.78 is 1.97. The molecule has 1 aliphatic heterocycles. The second kappa shape index (κ2) is 7.19. The lowest BCUT2D eigenvalue weighted by molar-refractivity contribution is -0.122. The Balaban J connectivity index is 1.64. The molecule has 2 heterocycles. The average Bonchev–Trinajstić information content (AvgIpc) is 3.19. The molecule has 1 saturated heterocycles. The van der Waals surface area contributed by atoms with Crippen molar-refractivity contribution in [3.8, 4) is 5.69 Å². The Morgan fingerprint density at radius 2 is 2.17 bits per heavy atom. The molecule has 1 fully saturated rings. The molecule has 5 nitrogen and oxygen atoms in total. The summed E-state index contributed by atoms with van der Waals surface area (Å²) in [6, 6.07) is 10.1. The maximum Gasteiger partial charge on any atom is 0.238 e. The molecule has 23 heavy (non-hydrogen) atoms. The topological polar surface area (TPSA) is 59.0 Å². The van der Waals surface area contributed by atoms with Crippen LogP contribution in [-0.2, 0) is 11.2 Å². The Bertz CT molecular complexity index is 677. The van der Waals surface area contributed by atoms with Crippen molar-refractivity contribution in [1.29, 1.82) is 0 Å². The third kappa shape index (κ3) is 3.59. The number of amides is 1. The van der Waals surface area contributed by atoms with E-state index < -0.39 is 0 Å². The van der Waals surface area contributed by atoms with Gasteiger partial charge in [-0.25, -0.2) is 4.68 Å². The molecule has 1 aliphatic rings. The van der Waals surface area contributed by atoms with Crippen LogP contribution in [0.2, 0.25) is 0 Å². The van der Waals surface area contributed by atoms with E-state index in [9.17, 15) is 4.79 Å². The van der Waals surface area contributed by atoms with Gasteiger partial charge in [0.2, 0.25) is 5.91 Å². The Kier molecular flexibility index (Phi) is 5.03. The zero-order valence-electron chi connectivity index (χ0n) is 13.5. The molecule has 2 aromatic rings. The van der Waals surface area contributed by atoms with Crippen LogP contribution >= 0.6 is 11.8 Å². The minimum absolute atomic E-state index is 0.0470. The van der Waals surface area contributed by atoms with Crippen LogP contribution in [0.4, 0.5) is 0 Å². The van der Waals surface area contributed by atoms with Gasteiger partial charge in [0, 0.05) is 23.9 Å². The van der Waals surface area contributed by atoms with Crippen molar-refractivity contribution in [1.82, 2.24) is 20.4 Å². The quantitative estimate of drug-likeness (QED) is 0.878. The number of benzene rings is 1. The van der Waals surface area contributed by atoms with Gasteiger partial charge in [0.1, 0.15) is 0 Å². The number of rotatable bonds is 5.